The molecule has 0 saturated carbocycles. The Morgan fingerprint density at radius 3 is 2.85 bits per heavy atom. The first kappa shape index (κ1) is 10.5. The van der Waals surface area contributed by atoms with Gasteiger partial charge < -0.3 is 14.8 Å². The van der Waals surface area contributed by atoms with E-state index in [-0.39, 0.29) is 17.9 Å². The van der Waals surface area contributed by atoms with Crippen molar-refractivity contribution in [1.82, 2.24) is 5.32 Å². The maximum Gasteiger partial charge on any atom is 0.310 e. The highest BCUT2D eigenvalue weighted by Gasteiger charge is 2.25. The molecule has 4 heteroatoms. The standard InChI is InChI=1S/C9H17NO3/c1-6(2)8(11)13-9-7(3)10-4-5-12-9/h6-7,9-10H,4-5H2,1-3H3. The first-order valence-corrected chi connectivity index (χ1v) is 4.66. The third kappa shape index (κ3) is 2.97. The summed E-state index contributed by atoms with van der Waals surface area (Å²) in [4.78, 5) is 11.2. The number of morpholine rings is 1. The lowest BCUT2D eigenvalue weighted by Crippen LogP contribution is -2.48. The summed E-state index contributed by atoms with van der Waals surface area (Å²) in [5, 5.41) is 3.17. The van der Waals surface area contributed by atoms with E-state index in [1.54, 1.807) is 0 Å². The van der Waals surface area contributed by atoms with Gasteiger partial charge in [0.2, 0.25) is 6.29 Å². The van der Waals surface area contributed by atoms with Crippen LogP contribution in [0, 0.1) is 5.92 Å². The fourth-order valence-electron chi connectivity index (χ4n) is 1.09. The van der Waals surface area contributed by atoms with E-state index in [9.17, 15) is 4.79 Å². The first-order chi connectivity index (χ1) is 6.11. The minimum Gasteiger partial charge on any atom is -0.434 e. The minimum absolute atomic E-state index is 0.0800. The van der Waals surface area contributed by atoms with Crippen LogP contribution in [0.25, 0.3) is 0 Å². The van der Waals surface area contributed by atoms with Gasteiger partial charge in [-0.05, 0) is 6.92 Å². The fourth-order valence-corrected chi connectivity index (χ4v) is 1.09. The van der Waals surface area contributed by atoms with E-state index in [0.717, 1.165) is 6.54 Å². The van der Waals surface area contributed by atoms with E-state index in [1.165, 1.54) is 0 Å². The second-order valence-electron chi connectivity index (χ2n) is 3.57. The molecule has 76 valence electrons. The summed E-state index contributed by atoms with van der Waals surface area (Å²) in [5.74, 6) is -0.307. The molecule has 4 nitrogen and oxygen atoms in total. The van der Waals surface area contributed by atoms with Crippen molar-refractivity contribution >= 4 is 5.97 Å². The number of nitrogens with one attached hydrogen (secondary N) is 1. The lowest BCUT2D eigenvalue weighted by molar-refractivity contribution is -0.194. The van der Waals surface area contributed by atoms with Crippen molar-refractivity contribution in [3.63, 3.8) is 0 Å². The van der Waals surface area contributed by atoms with Gasteiger partial charge in [0.15, 0.2) is 0 Å². The number of carbonyl (C=O) groups excluding carboxylic acids is 1. The third-order valence-corrected chi connectivity index (χ3v) is 1.96. The Morgan fingerprint density at radius 1 is 1.62 bits per heavy atom. The highest BCUT2D eigenvalue weighted by molar-refractivity contribution is 5.71. The average molecular weight is 187 g/mol. The molecule has 0 aromatic rings. The zero-order valence-corrected chi connectivity index (χ0v) is 8.37. The number of esters is 1. The Morgan fingerprint density at radius 2 is 2.31 bits per heavy atom. The molecule has 0 spiro atoms. The van der Waals surface area contributed by atoms with Crippen molar-refractivity contribution in [1.29, 1.82) is 0 Å². The molecule has 0 bridgehead atoms. The largest absolute Gasteiger partial charge is 0.434 e. The predicted molar refractivity (Wildman–Crippen MR) is 48.1 cm³/mol. The normalized spacial score (nSPS) is 28.9. The quantitative estimate of drug-likeness (QED) is 0.640. The Kier molecular flexibility index (Phi) is 3.69. The predicted octanol–water partition coefficient (Wildman–Crippen LogP) is 0.520. The number of rotatable bonds is 2. The van der Waals surface area contributed by atoms with Crippen LogP contribution in [-0.4, -0.2) is 31.5 Å². The summed E-state index contributed by atoms with van der Waals surface area (Å²) in [7, 11) is 0. The SMILES string of the molecule is CC(C)C(=O)OC1OCCNC1C. The summed E-state index contributed by atoms with van der Waals surface area (Å²) in [6.45, 7) is 6.97. The third-order valence-electron chi connectivity index (χ3n) is 1.96. The molecule has 1 saturated heterocycles. The molecule has 1 aliphatic rings. The van der Waals surface area contributed by atoms with E-state index >= 15 is 0 Å². The molecule has 0 aromatic heterocycles. The van der Waals surface area contributed by atoms with E-state index in [4.69, 9.17) is 9.47 Å². The van der Waals surface area contributed by atoms with Crippen molar-refractivity contribution in [3.05, 3.63) is 0 Å². The van der Waals surface area contributed by atoms with E-state index < -0.39 is 6.29 Å². The number of ether oxygens (including phenoxy) is 2. The summed E-state index contributed by atoms with van der Waals surface area (Å²) in [6, 6.07) is 0.0800. The van der Waals surface area contributed by atoms with Crippen LogP contribution in [0.15, 0.2) is 0 Å². The van der Waals surface area contributed by atoms with Gasteiger partial charge in [-0.25, -0.2) is 0 Å². The summed E-state index contributed by atoms with van der Waals surface area (Å²) in [5.41, 5.74) is 0. The second kappa shape index (κ2) is 4.58. The lowest BCUT2D eigenvalue weighted by atomic mass is 10.2. The molecule has 1 rings (SSSR count). The molecule has 0 radical (unpaired) electrons. The fraction of sp³-hybridized carbons (Fsp3) is 0.889. The lowest BCUT2D eigenvalue weighted by Gasteiger charge is -2.29. The molecule has 1 N–H and O–H groups in total. The van der Waals surface area contributed by atoms with Crippen molar-refractivity contribution < 1.29 is 14.3 Å². The van der Waals surface area contributed by atoms with Gasteiger partial charge in [0.1, 0.15) is 0 Å². The molecule has 1 aliphatic heterocycles. The maximum atomic E-state index is 11.2. The van der Waals surface area contributed by atoms with Gasteiger partial charge in [0, 0.05) is 6.54 Å². The topological polar surface area (TPSA) is 47.6 Å². The van der Waals surface area contributed by atoms with Gasteiger partial charge in [0.05, 0.1) is 18.6 Å². The van der Waals surface area contributed by atoms with Crippen LogP contribution in [-0.2, 0) is 14.3 Å². The van der Waals surface area contributed by atoms with E-state index in [0.29, 0.717) is 6.61 Å². The Bertz CT molecular complexity index is 182. The maximum absolute atomic E-state index is 11.2. The van der Waals surface area contributed by atoms with Gasteiger partial charge in [-0.3, -0.25) is 4.79 Å². The van der Waals surface area contributed by atoms with Crippen LogP contribution in [0.5, 0.6) is 0 Å². The summed E-state index contributed by atoms with van der Waals surface area (Å²) < 4.78 is 10.4. The van der Waals surface area contributed by atoms with Gasteiger partial charge in [-0.1, -0.05) is 13.8 Å². The zero-order valence-electron chi connectivity index (χ0n) is 8.37. The van der Waals surface area contributed by atoms with Crippen LogP contribution in [0.2, 0.25) is 0 Å². The van der Waals surface area contributed by atoms with Crippen LogP contribution in [0.4, 0.5) is 0 Å². The minimum atomic E-state index is -0.427. The van der Waals surface area contributed by atoms with Crippen molar-refractivity contribution in [2.45, 2.75) is 33.1 Å². The summed E-state index contributed by atoms with van der Waals surface area (Å²) in [6.07, 6.45) is -0.427. The Labute approximate surface area is 78.6 Å². The van der Waals surface area contributed by atoms with Gasteiger partial charge >= 0.3 is 5.97 Å². The second-order valence-corrected chi connectivity index (χ2v) is 3.57. The molecule has 2 unspecified atom stereocenters. The van der Waals surface area contributed by atoms with Crippen molar-refractivity contribution in [2.24, 2.45) is 5.92 Å². The van der Waals surface area contributed by atoms with Crippen LogP contribution in [0.1, 0.15) is 20.8 Å². The molecule has 2 atom stereocenters. The zero-order chi connectivity index (χ0) is 9.84. The molecule has 0 aromatic carbocycles. The monoisotopic (exact) mass is 187 g/mol. The van der Waals surface area contributed by atoms with Gasteiger partial charge in [-0.15, -0.1) is 0 Å². The van der Waals surface area contributed by atoms with Gasteiger partial charge in [0.25, 0.3) is 0 Å². The van der Waals surface area contributed by atoms with Crippen LogP contribution in [0.3, 0.4) is 0 Å². The first-order valence-electron chi connectivity index (χ1n) is 4.66. The van der Waals surface area contributed by atoms with Crippen LogP contribution >= 0.6 is 0 Å². The Balaban J connectivity index is 2.38. The molecule has 1 heterocycles. The van der Waals surface area contributed by atoms with Gasteiger partial charge in [-0.2, -0.15) is 0 Å². The molecular formula is C9H17NO3. The molecular weight excluding hydrogens is 170 g/mol. The van der Waals surface area contributed by atoms with Crippen molar-refractivity contribution in [2.75, 3.05) is 13.2 Å². The number of carbonyl (C=O) groups is 1. The van der Waals surface area contributed by atoms with E-state index in [1.807, 2.05) is 20.8 Å². The smallest absolute Gasteiger partial charge is 0.310 e. The molecule has 1 fully saturated rings. The number of hydrogen-bond donors (Lipinski definition) is 1. The van der Waals surface area contributed by atoms with Crippen molar-refractivity contribution in [3.8, 4) is 0 Å². The van der Waals surface area contributed by atoms with E-state index in [2.05, 4.69) is 5.32 Å². The number of hydrogen-bond acceptors (Lipinski definition) is 4. The Hall–Kier alpha value is -0.610. The molecule has 0 aliphatic carbocycles. The van der Waals surface area contributed by atoms with Crippen LogP contribution < -0.4 is 5.32 Å². The molecule has 0 amide bonds. The molecule has 13 heavy (non-hydrogen) atoms. The summed E-state index contributed by atoms with van der Waals surface area (Å²) >= 11 is 0. The highest BCUT2D eigenvalue weighted by Crippen LogP contribution is 2.08. The average Bonchev–Trinajstić information content (AvgIpc) is 2.08. The highest BCUT2D eigenvalue weighted by atomic mass is 16.7.